The number of hydrogen-bond acceptors (Lipinski definition) is 4. The zero-order valence-electron chi connectivity index (χ0n) is 10.9. The number of nitrogens with one attached hydrogen (secondary N) is 2. The van der Waals surface area contributed by atoms with Crippen molar-refractivity contribution in [2.75, 3.05) is 19.5 Å². The normalized spacial score (nSPS) is 13.8. The van der Waals surface area contributed by atoms with Gasteiger partial charge in [-0.2, -0.15) is 0 Å². The average Bonchev–Trinajstić information content (AvgIpc) is 2.80. The van der Waals surface area contributed by atoms with Crippen LogP contribution in [0.2, 0.25) is 0 Å². The van der Waals surface area contributed by atoms with Crippen LogP contribution in [0.5, 0.6) is 0 Å². The van der Waals surface area contributed by atoms with Gasteiger partial charge in [0.15, 0.2) is 0 Å². The second kappa shape index (κ2) is 5.68. The maximum Gasteiger partial charge on any atom is 0.214 e. The Labute approximate surface area is 112 Å². The van der Waals surface area contributed by atoms with Crippen molar-refractivity contribution >= 4 is 21.1 Å². The van der Waals surface area contributed by atoms with Gasteiger partial charge in [-0.15, -0.1) is 0 Å². The van der Waals surface area contributed by atoms with E-state index in [0.29, 0.717) is 5.82 Å². The van der Waals surface area contributed by atoms with Gasteiger partial charge in [0.25, 0.3) is 0 Å². The number of hydrogen-bond donors (Lipinski definition) is 2. The van der Waals surface area contributed by atoms with Gasteiger partial charge in [0.2, 0.25) is 10.0 Å². The Kier molecular flexibility index (Phi) is 4.18. The lowest BCUT2D eigenvalue weighted by atomic mass is 10.3. The van der Waals surface area contributed by atoms with E-state index in [2.05, 4.69) is 14.7 Å². The van der Waals surface area contributed by atoms with Gasteiger partial charge in [-0.25, -0.2) is 18.1 Å². The number of imidazole rings is 1. The van der Waals surface area contributed by atoms with E-state index in [0.717, 1.165) is 11.0 Å². The van der Waals surface area contributed by atoms with Crippen LogP contribution >= 0.6 is 0 Å². The number of aromatic nitrogens is 2. The van der Waals surface area contributed by atoms with Gasteiger partial charge in [-0.3, -0.25) is 0 Å². The van der Waals surface area contributed by atoms with E-state index in [4.69, 9.17) is 4.74 Å². The summed E-state index contributed by atoms with van der Waals surface area (Å²) in [4.78, 5) is 7.47. The fourth-order valence-electron chi connectivity index (χ4n) is 1.75. The Balaban J connectivity index is 2.13. The van der Waals surface area contributed by atoms with E-state index >= 15 is 0 Å². The van der Waals surface area contributed by atoms with Crippen LogP contribution in [0.25, 0.3) is 11.0 Å². The third-order valence-corrected chi connectivity index (χ3v) is 4.15. The summed E-state index contributed by atoms with van der Waals surface area (Å²) < 4.78 is 30.8. The first-order valence-electron chi connectivity index (χ1n) is 5.95. The van der Waals surface area contributed by atoms with Gasteiger partial charge >= 0.3 is 0 Å². The van der Waals surface area contributed by atoms with E-state index < -0.39 is 16.1 Å². The number of benzene rings is 1. The number of H-pyrrole nitrogens is 1. The standard InChI is InChI=1S/C12H17N3O3S/c1-9(15-19(16,17)8-7-18-2)12-13-10-5-3-4-6-11(10)14-12/h3-6,9,15H,7-8H2,1-2H3,(H,13,14). The second-order valence-corrected chi connectivity index (χ2v) is 6.16. The van der Waals surface area contributed by atoms with Crippen LogP contribution in [0.1, 0.15) is 18.8 Å². The second-order valence-electron chi connectivity index (χ2n) is 4.29. The summed E-state index contributed by atoms with van der Waals surface area (Å²) in [6.45, 7) is 1.92. The highest BCUT2D eigenvalue weighted by Crippen LogP contribution is 2.16. The number of sulfonamides is 1. The molecule has 0 aliphatic heterocycles. The third-order valence-electron chi connectivity index (χ3n) is 2.73. The quantitative estimate of drug-likeness (QED) is 0.834. The molecule has 6 nitrogen and oxygen atoms in total. The number of aromatic amines is 1. The molecular formula is C12H17N3O3S. The molecular weight excluding hydrogens is 266 g/mol. The summed E-state index contributed by atoms with van der Waals surface area (Å²) in [6, 6.07) is 7.16. The first-order chi connectivity index (χ1) is 9.02. The number of rotatable bonds is 6. The molecule has 0 amide bonds. The minimum absolute atomic E-state index is 0.0614. The number of nitrogens with zero attached hydrogens (tertiary/aromatic N) is 1. The van der Waals surface area contributed by atoms with Crippen molar-refractivity contribution in [3.05, 3.63) is 30.1 Å². The predicted molar refractivity (Wildman–Crippen MR) is 73.3 cm³/mol. The zero-order chi connectivity index (χ0) is 13.9. The molecule has 0 aliphatic rings. The number of methoxy groups -OCH3 is 1. The molecule has 0 saturated heterocycles. The van der Waals surface area contributed by atoms with E-state index in [1.165, 1.54) is 7.11 Å². The van der Waals surface area contributed by atoms with Crippen LogP contribution in [0.4, 0.5) is 0 Å². The van der Waals surface area contributed by atoms with Gasteiger partial charge in [0.05, 0.1) is 29.4 Å². The summed E-state index contributed by atoms with van der Waals surface area (Å²) in [5, 5.41) is 0. The van der Waals surface area contributed by atoms with Gasteiger partial charge in [0.1, 0.15) is 5.82 Å². The maximum absolute atomic E-state index is 11.8. The van der Waals surface area contributed by atoms with Crippen LogP contribution in [0.3, 0.4) is 0 Å². The van der Waals surface area contributed by atoms with Gasteiger partial charge in [0, 0.05) is 7.11 Å². The predicted octanol–water partition coefficient (Wildman–Crippen LogP) is 1.19. The topological polar surface area (TPSA) is 84.1 Å². The molecule has 0 saturated carbocycles. The van der Waals surface area contributed by atoms with Crippen molar-refractivity contribution in [2.24, 2.45) is 0 Å². The van der Waals surface area contributed by atoms with E-state index in [1.54, 1.807) is 6.92 Å². The van der Waals surface area contributed by atoms with Crippen LogP contribution in [-0.2, 0) is 14.8 Å². The highest BCUT2D eigenvalue weighted by atomic mass is 32.2. The van der Waals surface area contributed by atoms with Crippen molar-refractivity contribution in [3.63, 3.8) is 0 Å². The lowest BCUT2D eigenvalue weighted by Crippen LogP contribution is -2.31. The van der Waals surface area contributed by atoms with Crippen LogP contribution in [-0.4, -0.2) is 37.9 Å². The molecule has 19 heavy (non-hydrogen) atoms. The van der Waals surface area contributed by atoms with Crippen LogP contribution in [0.15, 0.2) is 24.3 Å². The summed E-state index contributed by atoms with van der Waals surface area (Å²) in [5.74, 6) is 0.538. The van der Waals surface area contributed by atoms with Crippen LogP contribution in [0, 0.1) is 0 Å². The number of fused-ring (bicyclic) bond motifs is 1. The molecule has 0 bridgehead atoms. The Bertz CT molecular complexity index is 618. The summed E-state index contributed by atoms with van der Waals surface area (Å²) >= 11 is 0. The molecule has 7 heteroatoms. The summed E-state index contributed by atoms with van der Waals surface area (Å²) in [7, 11) is -1.89. The molecule has 2 N–H and O–H groups in total. The Morgan fingerprint density at radius 2 is 2.16 bits per heavy atom. The fraction of sp³-hybridized carbons (Fsp3) is 0.417. The minimum atomic E-state index is -3.36. The fourth-order valence-corrected chi connectivity index (χ4v) is 2.91. The minimum Gasteiger partial charge on any atom is -0.384 e. The molecule has 2 aromatic rings. The van der Waals surface area contributed by atoms with Gasteiger partial charge in [-0.1, -0.05) is 12.1 Å². The van der Waals surface area contributed by atoms with E-state index in [-0.39, 0.29) is 12.4 Å². The maximum atomic E-state index is 11.8. The Hall–Kier alpha value is -1.44. The van der Waals surface area contributed by atoms with E-state index in [9.17, 15) is 8.42 Å². The molecule has 1 aromatic heterocycles. The molecule has 0 fully saturated rings. The molecule has 1 unspecified atom stereocenters. The molecule has 1 aromatic carbocycles. The van der Waals surface area contributed by atoms with Crippen molar-refractivity contribution in [1.82, 2.24) is 14.7 Å². The zero-order valence-corrected chi connectivity index (χ0v) is 11.7. The molecule has 2 rings (SSSR count). The Morgan fingerprint density at radius 1 is 1.42 bits per heavy atom. The van der Waals surface area contributed by atoms with Gasteiger partial charge in [-0.05, 0) is 19.1 Å². The molecule has 104 valence electrons. The first-order valence-corrected chi connectivity index (χ1v) is 7.60. The van der Waals surface area contributed by atoms with Crippen molar-refractivity contribution in [1.29, 1.82) is 0 Å². The summed E-state index contributed by atoms with van der Waals surface area (Å²) in [6.07, 6.45) is 0. The lowest BCUT2D eigenvalue weighted by Gasteiger charge is -2.11. The summed E-state index contributed by atoms with van der Waals surface area (Å²) in [5.41, 5.74) is 1.71. The third kappa shape index (κ3) is 3.52. The lowest BCUT2D eigenvalue weighted by molar-refractivity contribution is 0.216. The van der Waals surface area contributed by atoms with Crippen molar-refractivity contribution < 1.29 is 13.2 Å². The molecule has 0 spiro atoms. The number of para-hydroxylation sites is 2. The largest absolute Gasteiger partial charge is 0.384 e. The highest BCUT2D eigenvalue weighted by Gasteiger charge is 2.18. The molecule has 0 aliphatic carbocycles. The van der Waals surface area contributed by atoms with Crippen molar-refractivity contribution in [2.45, 2.75) is 13.0 Å². The smallest absolute Gasteiger partial charge is 0.214 e. The SMILES string of the molecule is COCCS(=O)(=O)NC(C)c1nc2ccccc2[nH]1. The van der Waals surface area contributed by atoms with E-state index in [1.807, 2.05) is 24.3 Å². The molecule has 0 radical (unpaired) electrons. The average molecular weight is 283 g/mol. The first kappa shape index (κ1) is 14.0. The molecule has 1 atom stereocenters. The van der Waals surface area contributed by atoms with Crippen molar-refractivity contribution in [3.8, 4) is 0 Å². The number of ether oxygens (including phenoxy) is 1. The monoisotopic (exact) mass is 283 g/mol. The van der Waals surface area contributed by atoms with Crippen LogP contribution < -0.4 is 4.72 Å². The van der Waals surface area contributed by atoms with Gasteiger partial charge < -0.3 is 9.72 Å². The molecule has 1 heterocycles. The highest BCUT2D eigenvalue weighted by molar-refractivity contribution is 7.89. The Morgan fingerprint density at radius 3 is 2.84 bits per heavy atom.